The molecule has 1 aliphatic rings. The summed E-state index contributed by atoms with van der Waals surface area (Å²) in [7, 11) is -3.16. The van der Waals surface area contributed by atoms with E-state index >= 15 is 0 Å². The zero-order chi connectivity index (χ0) is 15.9. The van der Waals surface area contributed by atoms with Crippen LogP contribution in [0.5, 0.6) is 11.5 Å². The minimum Gasteiger partial charge on any atom is -0.507 e. The van der Waals surface area contributed by atoms with E-state index < -0.39 is 10.0 Å². The van der Waals surface area contributed by atoms with Crippen LogP contribution >= 0.6 is 0 Å². The quantitative estimate of drug-likeness (QED) is 0.871. The molecule has 1 saturated heterocycles. The molecule has 2 heterocycles. The van der Waals surface area contributed by atoms with Crippen molar-refractivity contribution in [3.8, 4) is 11.5 Å². The maximum absolute atomic E-state index is 11.5. The van der Waals surface area contributed by atoms with Crippen LogP contribution in [0.4, 0.5) is 0 Å². The van der Waals surface area contributed by atoms with Gasteiger partial charge in [-0.25, -0.2) is 8.42 Å². The zero-order valence-corrected chi connectivity index (χ0v) is 13.0. The first kappa shape index (κ1) is 15.1. The monoisotopic (exact) mass is 326 g/mol. The SMILES string of the molecule is CS(=O)(=O)N1CCN(Cc2c(O)ccc3c(O)coc23)CC1. The summed E-state index contributed by atoms with van der Waals surface area (Å²) in [6.07, 6.45) is 2.45. The maximum atomic E-state index is 11.5. The minimum atomic E-state index is -3.16. The van der Waals surface area contributed by atoms with Crippen molar-refractivity contribution >= 4 is 21.0 Å². The highest BCUT2D eigenvalue weighted by Gasteiger charge is 2.25. The largest absolute Gasteiger partial charge is 0.507 e. The van der Waals surface area contributed by atoms with E-state index in [0.717, 1.165) is 0 Å². The number of sulfonamides is 1. The molecular weight excluding hydrogens is 308 g/mol. The molecule has 3 rings (SSSR count). The summed E-state index contributed by atoms with van der Waals surface area (Å²) < 4.78 is 29.8. The normalized spacial score (nSPS) is 18.0. The lowest BCUT2D eigenvalue weighted by Gasteiger charge is -2.33. The van der Waals surface area contributed by atoms with Gasteiger partial charge in [0.2, 0.25) is 10.0 Å². The van der Waals surface area contributed by atoms with E-state index in [1.165, 1.54) is 22.9 Å². The van der Waals surface area contributed by atoms with Gasteiger partial charge in [0.15, 0.2) is 5.75 Å². The number of furan rings is 1. The highest BCUT2D eigenvalue weighted by Crippen LogP contribution is 2.34. The second-order valence-electron chi connectivity index (χ2n) is 5.50. The van der Waals surface area contributed by atoms with Crippen LogP contribution in [0.2, 0.25) is 0 Å². The predicted octanol–water partition coefficient (Wildman–Crippen LogP) is 0.921. The molecule has 7 nitrogen and oxygen atoms in total. The van der Waals surface area contributed by atoms with Crippen LogP contribution in [0.15, 0.2) is 22.8 Å². The second-order valence-corrected chi connectivity index (χ2v) is 7.48. The summed E-state index contributed by atoms with van der Waals surface area (Å²) in [6, 6.07) is 3.13. The van der Waals surface area contributed by atoms with Crippen LogP contribution in [0.25, 0.3) is 11.0 Å². The highest BCUT2D eigenvalue weighted by atomic mass is 32.2. The summed E-state index contributed by atoms with van der Waals surface area (Å²) >= 11 is 0. The van der Waals surface area contributed by atoms with E-state index in [4.69, 9.17) is 4.42 Å². The fourth-order valence-corrected chi connectivity index (χ4v) is 3.55. The van der Waals surface area contributed by atoms with Gasteiger partial charge in [0, 0.05) is 32.7 Å². The highest BCUT2D eigenvalue weighted by molar-refractivity contribution is 7.88. The third kappa shape index (κ3) is 2.77. The summed E-state index contributed by atoms with van der Waals surface area (Å²) in [5.41, 5.74) is 1.06. The van der Waals surface area contributed by atoms with Crippen molar-refractivity contribution in [1.29, 1.82) is 0 Å². The van der Waals surface area contributed by atoms with Crippen molar-refractivity contribution in [2.75, 3.05) is 32.4 Å². The predicted molar refractivity (Wildman–Crippen MR) is 81.2 cm³/mol. The van der Waals surface area contributed by atoms with E-state index in [9.17, 15) is 18.6 Å². The molecule has 1 aromatic heterocycles. The molecule has 0 radical (unpaired) electrons. The fourth-order valence-electron chi connectivity index (χ4n) is 2.73. The van der Waals surface area contributed by atoms with E-state index in [1.807, 2.05) is 0 Å². The van der Waals surface area contributed by atoms with Gasteiger partial charge in [0.25, 0.3) is 0 Å². The Bertz CT molecular complexity index is 791. The zero-order valence-electron chi connectivity index (χ0n) is 12.2. The molecule has 22 heavy (non-hydrogen) atoms. The van der Waals surface area contributed by atoms with Crippen LogP contribution in [-0.2, 0) is 16.6 Å². The van der Waals surface area contributed by atoms with Crippen molar-refractivity contribution in [2.45, 2.75) is 6.54 Å². The van der Waals surface area contributed by atoms with Crippen LogP contribution < -0.4 is 0 Å². The Balaban J connectivity index is 1.79. The molecule has 120 valence electrons. The van der Waals surface area contributed by atoms with Gasteiger partial charge in [-0.3, -0.25) is 4.90 Å². The molecule has 1 fully saturated rings. The van der Waals surface area contributed by atoms with Crippen LogP contribution in [0, 0.1) is 0 Å². The number of hydrogen-bond acceptors (Lipinski definition) is 6. The molecule has 8 heteroatoms. The third-order valence-corrected chi connectivity index (χ3v) is 5.29. The molecule has 2 aromatic rings. The van der Waals surface area contributed by atoms with Crippen LogP contribution in [0.1, 0.15) is 5.56 Å². The molecule has 2 N–H and O–H groups in total. The van der Waals surface area contributed by atoms with E-state index in [0.29, 0.717) is 49.3 Å². The average molecular weight is 326 g/mol. The van der Waals surface area contributed by atoms with E-state index in [1.54, 1.807) is 6.07 Å². The average Bonchev–Trinajstić information content (AvgIpc) is 2.83. The molecule has 0 saturated carbocycles. The van der Waals surface area contributed by atoms with E-state index in [-0.39, 0.29) is 11.5 Å². The van der Waals surface area contributed by atoms with Crippen molar-refractivity contribution in [3.63, 3.8) is 0 Å². The lowest BCUT2D eigenvalue weighted by Crippen LogP contribution is -2.47. The van der Waals surface area contributed by atoms with Gasteiger partial charge < -0.3 is 14.6 Å². The number of phenolic OH excluding ortho intramolecular Hbond substituents is 1. The molecule has 0 spiro atoms. The third-order valence-electron chi connectivity index (χ3n) is 3.98. The van der Waals surface area contributed by atoms with Crippen molar-refractivity contribution < 1.29 is 23.0 Å². The summed E-state index contributed by atoms with van der Waals surface area (Å²) in [5, 5.41) is 20.3. The van der Waals surface area contributed by atoms with Crippen molar-refractivity contribution in [1.82, 2.24) is 9.21 Å². The number of rotatable bonds is 3. The van der Waals surface area contributed by atoms with Gasteiger partial charge in [-0.2, -0.15) is 4.31 Å². The molecule has 1 aliphatic heterocycles. The first-order chi connectivity index (χ1) is 10.4. The molecule has 0 unspecified atom stereocenters. The van der Waals surface area contributed by atoms with Gasteiger partial charge >= 0.3 is 0 Å². The Morgan fingerprint density at radius 3 is 2.45 bits per heavy atom. The number of benzene rings is 1. The Morgan fingerprint density at radius 2 is 1.82 bits per heavy atom. The van der Waals surface area contributed by atoms with Crippen molar-refractivity contribution in [2.24, 2.45) is 0 Å². The summed E-state index contributed by atoms with van der Waals surface area (Å²) in [4.78, 5) is 2.05. The standard InChI is InChI=1S/C14H18N2O5S/c1-22(19,20)16-6-4-15(5-7-16)8-11-12(17)3-2-10-13(18)9-21-14(10)11/h2-3,9,17-18H,4-8H2,1H3. The fraction of sp³-hybridized carbons (Fsp3) is 0.429. The van der Waals surface area contributed by atoms with Gasteiger partial charge in [-0.15, -0.1) is 0 Å². The Morgan fingerprint density at radius 1 is 1.14 bits per heavy atom. The van der Waals surface area contributed by atoms with Crippen LogP contribution in [0.3, 0.4) is 0 Å². The smallest absolute Gasteiger partial charge is 0.211 e. The second kappa shape index (κ2) is 5.45. The molecule has 0 amide bonds. The number of aromatic hydroxyl groups is 2. The van der Waals surface area contributed by atoms with E-state index in [2.05, 4.69) is 4.90 Å². The topological polar surface area (TPSA) is 94.2 Å². The number of phenols is 1. The molecule has 0 aliphatic carbocycles. The van der Waals surface area contributed by atoms with Gasteiger partial charge in [0.1, 0.15) is 17.6 Å². The van der Waals surface area contributed by atoms with Crippen LogP contribution in [-0.4, -0.2) is 60.3 Å². The lowest BCUT2D eigenvalue weighted by molar-refractivity contribution is 0.181. The van der Waals surface area contributed by atoms with Gasteiger partial charge in [-0.05, 0) is 12.1 Å². The Hall–Kier alpha value is -1.77. The summed E-state index contributed by atoms with van der Waals surface area (Å²) in [6.45, 7) is 2.46. The number of hydrogen-bond donors (Lipinski definition) is 2. The first-order valence-electron chi connectivity index (χ1n) is 6.95. The number of piperazine rings is 1. The maximum Gasteiger partial charge on any atom is 0.211 e. The Labute approximate surface area is 128 Å². The number of nitrogens with zero attached hydrogens (tertiary/aromatic N) is 2. The number of fused-ring (bicyclic) bond motifs is 1. The lowest BCUT2D eigenvalue weighted by atomic mass is 10.1. The first-order valence-corrected chi connectivity index (χ1v) is 8.79. The minimum absolute atomic E-state index is 0.0399. The van der Waals surface area contributed by atoms with Gasteiger partial charge in [-0.1, -0.05) is 0 Å². The molecular formula is C14H18N2O5S. The molecule has 0 atom stereocenters. The Kier molecular flexibility index (Phi) is 3.75. The summed E-state index contributed by atoms with van der Waals surface area (Å²) in [5.74, 6) is 0.144. The molecule has 1 aromatic carbocycles. The van der Waals surface area contributed by atoms with Crippen molar-refractivity contribution in [3.05, 3.63) is 24.0 Å². The van der Waals surface area contributed by atoms with Gasteiger partial charge in [0.05, 0.1) is 17.2 Å². The molecule has 0 bridgehead atoms.